The molecule has 1 fully saturated rings. The highest BCUT2D eigenvalue weighted by Gasteiger charge is 2.53. The summed E-state index contributed by atoms with van der Waals surface area (Å²) in [6.45, 7) is 5.91. The zero-order valence-electron chi connectivity index (χ0n) is 19.4. The first-order chi connectivity index (χ1) is 16.3. The van der Waals surface area contributed by atoms with Crippen LogP contribution in [0.25, 0.3) is 0 Å². The van der Waals surface area contributed by atoms with Gasteiger partial charge in [-0.15, -0.1) is 11.6 Å². The third-order valence-electron chi connectivity index (χ3n) is 4.99. The van der Waals surface area contributed by atoms with Crippen molar-refractivity contribution >= 4 is 25.3 Å². The van der Waals surface area contributed by atoms with Crippen LogP contribution in [-0.2, 0) is 23.4 Å². The number of benzene rings is 1. The smallest absolute Gasteiger partial charge is 0.459 e. The van der Waals surface area contributed by atoms with Crippen LogP contribution in [0.5, 0.6) is 5.75 Å². The second kappa shape index (κ2) is 10.6. The quantitative estimate of drug-likeness (QED) is 0.283. The Hall–Kier alpha value is -2.50. The maximum Gasteiger partial charge on any atom is 0.459 e. The highest BCUT2D eigenvalue weighted by Crippen LogP contribution is 2.52. The van der Waals surface area contributed by atoms with E-state index in [1.807, 2.05) is 4.98 Å². The molecule has 0 saturated carbocycles. The number of H-pyrrole nitrogens is 1. The number of aromatic amines is 1. The lowest BCUT2D eigenvalue weighted by atomic mass is 10.1. The van der Waals surface area contributed by atoms with Gasteiger partial charge in [0.1, 0.15) is 22.8 Å². The summed E-state index contributed by atoms with van der Waals surface area (Å²) in [4.78, 5) is 36.2. The number of carbonyl (C=O) groups is 1. The van der Waals surface area contributed by atoms with E-state index in [9.17, 15) is 23.3 Å². The number of esters is 1. The van der Waals surface area contributed by atoms with Gasteiger partial charge in [-0.25, -0.2) is 9.36 Å². The first kappa shape index (κ1) is 27.1. The van der Waals surface area contributed by atoms with Crippen LogP contribution in [0.1, 0.15) is 33.9 Å². The number of nitrogens with one attached hydrogen (secondary N) is 2. The lowest BCUT2D eigenvalue weighted by Crippen LogP contribution is -2.44. The summed E-state index contributed by atoms with van der Waals surface area (Å²) in [5.41, 5.74) is -2.15. The highest BCUT2D eigenvalue weighted by molar-refractivity contribution is 7.52. The molecule has 1 saturated heterocycles. The number of halogens is 2. The second-order valence-electron chi connectivity index (χ2n) is 8.31. The number of hydrogen-bond donors (Lipinski definition) is 2. The van der Waals surface area contributed by atoms with Gasteiger partial charge in [0.05, 0.1) is 18.9 Å². The van der Waals surface area contributed by atoms with Gasteiger partial charge in [-0.3, -0.25) is 23.7 Å². The number of carbonyl (C=O) groups excluding carboxylic acids is 1. The van der Waals surface area contributed by atoms with Gasteiger partial charge in [0, 0.05) is 0 Å². The molecule has 0 spiro atoms. The molecule has 2 aromatic rings. The van der Waals surface area contributed by atoms with Gasteiger partial charge < -0.3 is 14.0 Å². The topological polar surface area (TPSA) is 138 Å². The molecule has 1 unspecified atom stereocenters. The van der Waals surface area contributed by atoms with Gasteiger partial charge in [0.25, 0.3) is 5.56 Å². The van der Waals surface area contributed by atoms with Crippen molar-refractivity contribution in [2.45, 2.75) is 57.0 Å². The first-order valence-electron chi connectivity index (χ1n) is 10.7. The number of rotatable bonds is 9. The molecule has 0 amide bonds. The van der Waals surface area contributed by atoms with Gasteiger partial charge in [-0.05, 0) is 39.8 Å². The van der Waals surface area contributed by atoms with E-state index in [2.05, 4.69) is 5.09 Å². The number of hydrogen-bond acceptors (Lipinski definition) is 8. The Bertz CT molecular complexity index is 1220. The Kier molecular flexibility index (Phi) is 8.23. The average Bonchev–Trinajstić information content (AvgIpc) is 3.04. The van der Waals surface area contributed by atoms with Gasteiger partial charge >= 0.3 is 19.4 Å². The maximum absolute atomic E-state index is 13.8. The van der Waals surface area contributed by atoms with E-state index in [1.165, 1.54) is 26.0 Å². The van der Waals surface area contributed by atoms with Crippen molar-refractivity contribution in [2.24, 2.45) is 0 Å². The fraction of sp³-hybridized carbons (Fsp3) is 0.476. The zero-order valence-corrected chi connectivity index (χ0v) is 21.0. The monoisotopic (exact) mass is 533 g/mol. The van der Waals surface area contributed by atoms with Crippen LogP contribution in [0.2, 0.25) is 0 Å². The Morgan fingerprint density at radius 3 is 2.60 bits per heavy atom. The summed E-state index contributed by atoms with van der Waals surface area (Å²) in [7, 11) is -4.31. The van der Waals surface area contributed by atoms with E-state index < -0.39 is 60.1 Å². The molecule has 35 heavy (non-hydrogen) atoms. The molecular weight excluding hydrogens is 508 g/mol. The van der Waals surface area contributed by atoms with Crippen molar-refractivity contribution in [1.29, 1.82) is 0 Å². The van der Waals surface area contributed by atoms with Crippen LogP contribution in [0.15, 0.2) is 46.1 Å². The molecule has 0 radical (unpaired) electrons. The van der Waals surface area contributed by atoms with Crippen molar-refractivity contribution < 1.29 is 32.3 Å². The molecule has 192 valence electrons. The number of ether oxygens (including phenoxy) is 2. The maximum atomic E-state index is 13.8. The minimum absolute atomic E-state index is 0.179. The third kappa shape index (κ3) is 6.39. The van der Waals surface area contributed by atoms with Crippen molar-refractivity contribution in [1.82, 2.24) is 14.6 Å². The van der Waals surface area contributed by atoms with Crippen LogP contribution >= 0.6 is 19.3 Å². The molecule has 14 heteroatoms. The molecule has 0 aliphatic carbocycles. The van der Waals surface area contributed by atoms with Crippen LogP contribution in [-0.4, -0.2) is 45.3 Å². The molecule has 3 rings (SSSR count). The van der Waals surface area contributed by atoms with Gasteiger partial charge in [0.15, 0.2) is 6.23 Å². The Labute approximate surface area is 205 Å². The van der Waals surface area contributed by atoms with E-state index in [4.69, 9.17) is 30.1 Å². The molecule has 5 atom stereocenters. The minimum atomic E-state index is -4.31. The fourth-order valence-electron chi connectivity index (χ4n) is 3.27. The summed E-state index contributed by atoms with van der Waals surface area (Å²) in [6, 6.07) is 6.99. The molecule has 1 aliphatic rings. The number of nitrogens with zero attached hydrogens (tertiary/aromatic N) is 1. The van der Waals surface area contributed by atoms with Crippen molar-refractivity contribution in [3.05, 3.63) is 63.2 Å². The highest BCUT2D eigenvalue weighted by atomic mass is 35.5. The standard InChI is InChI=1S/C21H26ClFN3O8P/c1-12(2)32-18(28)13(3)25-35(30,33-14-8-6-5-7-9-14)34-16-11-31-19(21(16,4)22)26-10-15(23)17(27)24-20(26)29/h5-10,12-13,16,19H,11H2,1-4H3,(H,25,30)(H,24,27,29)/t13-,16-,19-,21-,35?/m1/s1. The Balaban J connectivity index is 1.88. The predicted molar refractivity (Wildman–Crippen MR) is 124 cm³/mol. The summed E-state index contributed by atoms with van der Waals surface area (Å²) in [6.07, 6.45) is -2.20. The van der Waals surface area contributed by atoms with E-state index in [1.54, 1.807) is 32.0 Å². The molecule has 0 bridgehead atoms. The van der Waals surface area contributed by atoms with Gasteiger partial charge in [-0.2, -0.15) is 9.48 Å². The molecule has 1 aromatic carbocycles. The van der Waals surface area contributed by atoms with E-state index in [0.29, 0.717) is 6.20 Å². The lowest BCUT2D eigenvalue weighted by molar-refractivity contribution is -0.149. The van der Waals surface area contributed by atoms with Crippen LogP contribution in [0, 0.1) is 5.82 Å². The average molecular weight is 534 g/mol. The second-order valence-corrected chi connectivity index (χ2v) is 10.8. The summed E-state index contributed by atoms with van der Waals surface area (Å²) in [5, 5.41) is 2.54. The van der Waals surface area contributed by atoms with Gasteiger partial charge in [-0.1, -0.05) is 18.2 Å². The van der Waals surface area contributed by atoms with Crippen molar-refractivity contribution in [3.63, 3.8) is 0 Å². The zero-order chi connectivity index (χ0) is 26.0. The third-order valence-corrected chi connectivity index (χ3v) is 7.10. The Morgan fingerprint density at radius 1 is 1.31 bits per heavy atom. The van der Waals surface area contributed by atoms with Crippen LogP contribution in [0.4, 0.5) is 4.39 Å². The normalized spacial score (nSPS) is 24.7. The molecule has 2 heterocycles. The van der Waals surface area contributed by atoms with Gasteiger partial charge in [0.2, 0.25) is 5.82 Å². The predicted octanol–water partition coefficient (Wildman–Crippen LogP) is 2.70. The molecule has 2 N–H and O–H groups in total. The van der Waals surface area contributed by atoms with Crippen LogP contribution < -0.4 is 20.9 Å². The first-order valence-corrected chi connectivity index (χ1v) is 12.6. The van der Waals surface area contributed by atoms with Crippen molar-refractivity contribution in [2.75, 3.05) is 6.61 Å². The largest absolute Gasteiger partial charge is 0.462 e. The molecule has 1 aromatic heterocycles. The Morgan fingerprint density at radius 2 is 1.97 bits per heavy atom. The number of aromatic nitrogens is 2. The summed E-state index contributed by atoms with van der Waals surface area (Å²) >= 11 is 6.66. The summed E-state index contributed by atoms with van der Waals surface area (Å²) in [5.74, 6) is -1.73. The molecule has 11 nitrogen and oxygen atoms in total. The summed E-state index contributed by atoms with van der Waals surface area (Å²) < 4.78 is 50.5. The number of para-hydroxylation sites is 1. The molecule has 1 aliphatic heterocycles. The fourth-order valence-corrected chi connectivity index (χ4v) is 5.36. The van der Waals surface area contributed by atoms with E-state index in [-0.39, 0.29) is 12.4 Å². The van der Waals surface area contributed by atoms with Crippen molar-refractivity contribution in [3.8, 4) is 5.75 Å². The van der Waals surface area contributed by atoms with E-state index >= 15 is 0 Å². The lowest BCUT2D eigenvalue weighted by Gasteiger charge is -2.31. The SMILES string of the molecule is CC(C)OC(=O)[C@@H](C)NP(=O)(Oc1ccccc1)O[C@@H]1CO[C@@H](n2cc(F)c(=O)[nH]c2=O)[C@]1(C)Cl. The van der Waals surface area contributed by atoms with E-state index in [0.717, 1.165) is 4.57 Å². The number of alkyl halides is 1. The minimum Gasteiger partial charge on any atom is -0.462 e. The van der Waals surface area contributed by atoms with Crippen LogP contribution in [0.3, 0.4) is 0 Å². The molecular formula is C21H26ClFN3O8P.